The highest BCUT2D eigenvalue weighted by Gasteiger charge is 2.38. The first-order valence-electron chi connectivity index (χ1n) is 18.2. The normalized spacial score (nSPS) is 15.5. The summed E-state index contributed by atoms with van der Waals surface area (Å²) in [6.45, 7) is 0. The Hall–Kier alpha value is -6.71. The Morgan fingerprint density at radius 3 is 2.06 bits per heavy atom. The molecule has 1 aliphatic heterocycles. The second-order valence-electron chi connectivity index (χ2n) is 14.6. The summed E-state index contributed by atoms with van der Waals surface area (Å²) in [4.78, 5) is 7.27. The predicted octanol–water partition coefficient (Wildman–Crippen LogP) is 11.7. The topological polar surface area (TPSA) is 21.1 Å². The van der Waals surface area contributed by atoms with Crippen LogP contribution in [-0.4, -0.2) is 9.55 Å². The molecule has 0 radical (unpaired) electrons. The number of hydrogen-bond donors (Lipinski definition) is 0. The van der Waals surface area contributed by atoms with Crippen LogP contribution in [0.1, 0.15) is 22.7 Å². The molecule has 52 heavy (non-hydrogen) atoms. The number of pyridine rings is 1. The molecule has 0 N–H and O–H groups in total. The van der Waals surface area contributed by atoms with E-state index in [2.05, 4.69) is 155 Å². The molecule has 3 nitrogen and oxygen atoms in total. The molecular formula is C49H29N3. The standard InChI is InChI=1S/C49H29N3/c1-2-9-35-33(7-1)34-8-3-4-10-36(34)38-27-31(14-21-37(35)38)28-12-19-32(20-13-28)51-39-22-15-29-17-24-41-48-44(29)46(39)47-40(51)23-16-30-18-25-42(49(48)45(30)47)52(41)43-11-5-6-26-50-43/h1-15,17-27,41H,16H2. The molecule has 2 aliphatic carbocycles. The minimum absolute atomic E-state index is 0.122. The van der Waals surface area contributed by atoms with Crippen LogP contribution >= 0.6 is 0 Å². The van der Waals surface area contributed by atoms with E-state index in [9.17, 15) is 0 Å². The zero-order valence-electron chi connectivity index (χ0n) is 28.1. The molecule has 1 atom stereocenters. The molecule has 1 unspecified atom stereocenters. The van der Waals surface area contributed by atoms with Crippen LogP contribution in [0.2, 0.25) is 0 Å². The highest BCUT2D eigenvalue weighted by atomic mass is 15.2. The number of benzene rings is 8. The number of hydrogen-bond acceptors (Lipinski definition) is 2. The van der Waals surface area contributed by atoms with Gasteiger partial charge in [0.2, 0.25) is 0 Å². The summed E-state index contributed by atoms with van der Waals surface area (Å²) in [6, 6.07) is 49.6. The van der Waals surface area contributed by atoms with E-state index in [4.69, 9.17) is 4.98 Å². The SMILES string of the molecule is C1=CC2c3c4c(ccc5c4c4c(n(-c6ccc(-c7ccc8c9ccccc9c9ccccc9c8c7)cc6)c6ccc1c3c46)=CC5)N2c1ccccn1. The molecule has 2 aromatic heterocycles. The third-order valence-corrected chi connectivity index (χ3v) is 12.2. The average molecular weight is 660 g/mol. The second-order valence-corrected chi connectivity index (χ2v) is 14.6. The van der Waals surface area contributed by atoms with Crippen molar-refractivity contribution >= 4 is 88.4 Å². The molecule has 10 aromatic rings. The molecule has 0 saturated carbocycles. The summed E-state index contributed by atoms with van der Waals surface area (Å²) in [5.41, 5.74) is 10.4. The number of rotatable bonds is 3. The molecule has 0 amide bonds. The zero-order chi connectivity index (χ0) is 33.7. The number of aromatic nitrogens is 2. The Morgan fingerprint density at radius 2 is 1.29 bits per heavy atom. The minimum atomic E-state index is 0.122. The van der Waals surface area contributed by atoms with Crippen LogP contribution in [0.5, 0.6) is 0 Å². The van der Waals surface area contributed by atoms with Crippen molar-refractivity contribution in [1.29, 1.82) is 0 Å². The first-order valence-corrected chi connectivity index (χ1v) is 18.2. The van der Waals surface area contributed by atoms with E-state index in [0.717, 1.165) is 12.2 Å². The first kappa shape index (κ1) is 27.1. The minimum Gasteiger partial charge on any atom is -0.315 e. The van der Waals surface area contributed by atoms with Gasteiger partial charge in [0.1, 0.15) is 5.82 Å². The van der Waals surface area contributed by atoms with E-state index in [1.807, 2.05) is 12.3 Å². The molecule has 0 spiro atoms. The van der Waals surface area contributed by atoms with Gasteiger partial charge in [0, 0.05) is 28.0 Å². The predicted molar refractivity (Wildman–Crippen MR) is 218 cm³/mol. The van der Waals surface area contributed by atoms with Gasteiger partial charge in [-0.1, -0.05) is 109 Å². The van der Waals surface area contributed by atoms with Gasteiger partial charge in [-0.15, -0.1) is 0 Å². The van der Waals surface area contributed by atoms with Gasteiger partial charge in [0.25, 0.3) is 0 Å². The van der Waals surface area contributed by atoms with Gasteiger partial charge >= 0.3 is 0 Å². The van der Waals surface area contributed by atoms with Crippen LogP contribution in [0.3, 0.4) is 0 Å². The number of anilines is 2. The lowest BCUT2D eigenvalue weighted by molar-refractivity contribution is 0.877. The second kappa shape index (κ2) is 9.54. The highest BCUT2D eigenvalue weighted by molar-refractivity contribution is 6.30. The third kappa shape index (κ3) is 3.25. The fourth-order valence-corrected chi connectivity index (χ4v) is 10.1. The molecule has 3 aliphatic rings. The van der Waals surface area contributed by atoms with Gasteiger partial charge in [-0.3, -0.25) is 0 Å². The Labute approximate surface area is 299 Å². The van der Waals surface area contributed by atoms with Crippen molar-refractivity contribution in [3.8, 4) is 16.8 Å². The lowest BCUT2D eigenvalue weighted by atomic mass is 9.83. The van der Waals surface area contributed by atoms with Crippen LogP contribution in [0.4, 0.5) is 11.5 Å². The molecule has 240 valence electrons. The van der Waals surface area contributed by atoms with Crippen LogP contribution < -0.4 is 10.2 Å². The molecule has 3 heteroatoms. The molecule has 0 saturated heterocycles. The summed E-state index contributed by atoms with van der Waals surface area (Å²) in [7, 11) is 0. The van der Waals surface area contributed by atoms with E-state index in [1.54, 1.807) is 0 Å². The molecule has 0 bridgehead atoms. The Kier molecular flexibility index (Phi) is 4.96. The summed E-state index contributed by atoms with van der Waals surface area (Å²) in [6.07, 6.45) is 9.99. The van der Waals surface area contributed by atoms with Crippen LogP contribution in [-0.2, 0) is 6.42 Å². The van der Waals surface area contributed by atoms with E-state index < -0.39 is 0 Å². The summed E-state index contributed by atoms with van der Waals surface area (Å²) >= 11 is 0. The van der Waals surface area contributed by atoms with Gasteiger partial charge in [-0.2, -0.15) is 0 Å². The molecule has 8 aromatic carbocycles. The lowest BCUT2D eigenvalue weighted by Gasteiger charge is -2.27. The van der Waals surface area contributed by atoms with Gasteiger partial charge in [-0.25, -0.2) is 4.98 Å². The number of nitrogens with zero attached hydrogens (tertiary/aromatic N) is 3. The monoisotopic (exact) mass is 659 g/mol. The van der Waals surface area contributed by atoms with E-state index in [0.29, 0.717) is 0 Å². The quantitative estimate of drug-likeness (QED) is 0.139. The average Bonchev–Trinajstić information content (AvgIpc) is 3.75. The van der Waals surface area contributed by atoms with E-state index >= 15 is 0 Å². The van der Waals surface area contributed by atoms with Gasteiger partial charge in [0.15, 0.2) is 0 Å². The summed E-state index contributed by atoms with van der Waals surface area (Å²) in [5, 5.41) is 16.1. The number of fused-ring (bicyclic) bond motifs is 6. The highest BCUT2D eigenvalue weighted by Crippen LogP contribution is 2.56. The largest absolute Gasteiger partial charge is 0.315 e. The third-order valence-electron chi connectivity index (χ3n) is 12.2. The van der Waals surface area contributed by atoms with Gasteiger partial charge in [-0.05, 0) is 120 Å². The Balaban J connectivity index is 1.02. The van der Waals surface area contributed by atoms with Gasteiger partial charge in [0.05, 0.1) is 22.6 Å². The maximum Gasteiger partial charge on any atom is 0.133 e. The van der Waals surface area contributed by atoms with E-state index in [1.165, 1.54) is 109 Å². The van der Waals surface area contributed by atoms with Crippen molar-refractivity contribution in [3.63, 3.8) is 0 Å². The Morgan fingerprint density at radius 1 is 0.558 bits per heavy atom. The summed E-state index contributed by atoms with van der Waals surface area (Å²) in [5.74, 6) is 0.997. The van der Waals surface area contributed by atoms with Crippen molar-refractivity contribution in [1.82, 2.24) is 9.55 Å². The van der Waals surface area contributed by atoms with Crippen LogP contribution in [0.25, 0.3) is 93.7 Å². The molecule has 0 fully saturated rings. The summed E-state index contributed by atoms with van der Waals surface area (Å²) < 4.78 is 2.52. The van der Waals surface area contributed by atoms with Crippen LogP contribution in [0, 0.1) is 0 Å². The van der Waals surface area contributed by atoms with Crippen molar-refractivity contribution in [2.24, 2.45) is 0 Å². The van der Waals surface area contributed by atoms with Gasteiger partial charge < -0.3 is 9.47 Å². The maximum absolute atomic E-state index is 4.83. The van der Waals surface area contributed by atoms with Crippen molar-refractivity contribution < 1.29 is 0 Å². The Bertz CT molecular complexity index is 3280. The van der Waals surface area contributed by atoms with Crippen LogP contribution in [0.15, 0.2) is 146 Å². The van der Waals surface area contributed by atoms with Crippen molar-refractivity contribution in [3.05, 3.63) is 168 Å². The molecule has 3 heterocycles. The lowest BCUT2D eigenvalue weighted by Crippen LogP contribution is -2.19. The zero-order valence-corrected chi connectivity index (χ0v) is 28.1. The van der Waals surface area contributed by atoms with Crippen molar-refractivity contribution in [2.75, 3.05) is 4.90 Å². The fourth-order valence-electron chi connectivity index (χ4n) is 10.1. The fraction of sp³-hybridized carbons (Fsp3) is 0.0408. The maximum atomic E-state index is 4.83. The molecular weight excluding hydrogens is 631 g/mol. The van der Waals surface area contributed by atoms with Crippen molar-refractivity contribution in [2.45, 2.75) is 12.5 Å². The smallest absolute Gasteiger partial charge is 0.133 e. The first-order chi connectivity index (χ1) is 25.8. The van der Waals surface area contributed by atoms with E-state index in [-0.39, 0.29) is 6.04 Å². The molecule has 13 rings (SSSR count).